The Bertz CT molecular complexity index is 3190. The maximum atomic E-state index is 13.2. The lowest BCUT2D eigenvalue weighted by molar-refractivity contribution is 0.0944. The fourth-order valence-electron chi connectivity index (χ4n) is 6.24. The van der Waals surface area contributed by atoms with E-state index in [1.165, 1.54) is 36.4 Å². The smallest absolute Gasteiger partial charge is 0.328 e. The van der Waals surface area contributed by atoms with Gasteiger partial charge in [0.25, 0.3) is 52.3 Å². The summed E-state index contributed by atoms with van der Waals surface area (Å²) in [6.45, 7) is 3.18. The highest BCUT2D eigenvalue weighted by Gasteiger charge is 2.25. The van der Waals surface area contributed by atoms with E-state index in [4.69, 9.17) is 0 Å². The Kier molecular flexibility index (Phi) is 11.5. The molecule has 0 saturated heterocycles. The molecule has 62 heavy (non-hydrogen) atoms. The van der Waals surface area contributed by atoms with Gasteiger partial charge in [-0.25, -0.2) is 4.79 Å². The Morgan fingerprint density at radius 1 is 0.452 bits per heavy atom. The van der Waals surface area contributed by atoms with Crippen LogP contribution in [-0.2, 0) is 40.5 Å². The first-order chi connectivity index (χ1) is 28.6. The number of amides is 4. The van der Waals surface area contributed by atoms with Crippen LogP contribution in [0.3, 0.4) is 0 Å². The van der Waals surface area contributed by atoms with Gasteiger partial charge in [0.15, 0.2) is 0 Å². The predicted octanol–water partition coefficient (Wildman–Crippen LogP) is 4.77. The van der Waals surface area contributed by atoms with Crippen LogP contribution < -0.4 is 21.3 Å². The van der Waals surface area contributed by atoms with E-state index >= 15 is 0 Å². The number of hydrogen-bond donors (Lipinski definition) is 10. The molecule has 0 aromatic heterocycles. The zero-order valence-corrected chi connectivity index (χ0v) is 34.7. The Hall–Kier alpha value is -6.71. The molecule has 0 saturated carbocycles. The number of hydrogen-bond acceptors (Lipinski definition) is 15. The van der Waals surface area contributed by atoms with Crippen molar-refractivity contribution in [3.63, 3.8) is 0 Å². The van der Waals surface area contributed by atoms with Crippen LogP contribution >= 0.6 is 0 Å². The molecule has 0 bridgehead atoms. The number of phenols is 2. The maximum absolute atomic E-state index is 13.2. The summed E-state index contributed by atoms with van der Waals surface area (Å²) in [6.07, 6.45) is 0. The SMILES string of the molecule is Cc1ccc(C(=O)NC(=O)NC(=O)c2ccc(C)c(Nc3ccc(S(=O)(=O)O)c4cc(S(=O)(=O)O)cc(O)c34)c2)cc1Nc1ccc(S(=O)(=O)O)c2cc(S(=O)(=O)O)cc(O)c12. The molecule has 0 aliphatic carbocycles. The van der Waals surface area contributed by atoms with Crippen LogP contribution in [0.2, 0.25) is 0 Å². The summed E-state index contributed by atoms with van der Waals surface area (Å²) in [5, 5.41) is 29.6. The molecule has 4 amide bonds. The molecule has 0 aliphatic rings. The predicted molar refractivity (Wildman–Crippen MR) is 220 cm³/mol. The van der Waals surface area contributed by atoms with Crippen molar-refractivity contribution in [2.45, 2.75) is 33.4 Å². The lowest BCUT2D eigenvalue weighted by atomic mass is 10.1. The highest BCUT2D eigenvalue weighted by atomic mass is 32.2. The molecule has 0 fully saturated rings. The van der Waals surface area contributed by atoms with Gasteiger partial charge in [0, 0.05) is 56.2 Å². The van der Waals surface area contributed by atoms with Crippen LogP contribution in [0.15, 0.2) is 105 Å². The highest BCUT2D eigenvalue weighted by Crippen LogP contribution is 2.41. The molecule has 0 aliphatic heterocycles. The van der Waals surface area contributed by atoms with E-state index in [9.17, 15) is 76.5 Å². The van der Waals surface area contributed by atoms with Crippen LogP contribution in [0.4, 0.5) is 27.5 Å². The Morgan fingerprint density at radius 3 is 1.13 bits per heavy atom. The molecule has 10 N–H and O–H groups in total. The minimum absolute atomic E-state index is 0.0471. The van der Waals surface area contributed by atoms with Crippen LogP contribution in [0, 0.1) is 13.8 Å². The number of carbonyl (C=O) groups excluding carboxylic acids is 3. The first kappa shape index (κ1) is 44.8. The van der Waals surface area contributed by atoms with E-state index in [0.29, 0.717) is 23.3 Å². The first-order valence-corrected chi connectivity index (χ1v) is 22.8. The number of benzene rings is 6. The van der Waals surface area contributed by atoms with Crippen molar-refractivity contribution >= 4 is 103 Å². The van der Waals surface area contributed by atoms with Crippen molar-refractivity contribution in [3.05, 3.63) is 107 Å². The standard InChI is InChI=1S/C37H30N4O17S4/c1-17-3-5-19(11-27(17)38-25-7-9-31(61(53,54)55)23-13-21(59(47,48)49)15-29(42)33(23)25)35(44)40-37(46)41-36(45)20-6-4-18(2)28(12-20)39-26-8-10-32(62(56,57)58)24-14-22(60(50,51)52)16-30(43)34(24)26/h3-16,38-39,42-43H,1-2H3,(H,47,48,49)(H,50,51,52)(H,53,54,55)(H,56,57,58)(H2,40,41,44,45,46). The normalized spacial score (nSPS) is 12.2. The van der Waals surface area contributed by atoms with Crippen molar-refractivity contribution in [2.24, 2.45) is 0 Å². The molecule has 0 spiro atoms. The molecular formula is C37H30N4O17S4. The number of rotatable bonds is 10. The minimum atomic E-state index is -4.99. The lowest BCUT2D eigenvalue weighted by Gasteiger charge is -2.17. The molecule has 324 valence electrons. The minimum Gasteiger partial charge on any atom is -0.507 e. The molecule has 0 unspecified atom stereocenters. The second-order valence-corrected chi connectivity index (χ2v) is 19.0. The van der Waals surface area contributed by atoms with Crippen LogP contribution in [-0.4, -0.2) is 79.9 Å². The van der Waals surface area contributed by atoms with E-state index in [1.807, 2.05) is 10.6 Å². The zero-order valence-electron chi connectivity index (χ0n) is 31.4. The maximum Gasteiger partial charge on any atom is 0.328 e. The number of imide groups is 2. The van der Waals surface area contributed by atoms with E-state index in [0.717, 1.165) is 36.4 Å². The summed E-state index contributed by atoms with van der Waals surface area (Å²) in [6, 6.07) is 13.5. The lowest BCUT2D eigenvalue weighted by Crippen LogP contribution is -2.42. The van der Waals surface area contributed by atoms with Crippen molar-refractivity contribution in [3.8, 4) is 11.5 Å². The summed E-state index contributed by atoms with van der Waals surface area (Å²) in [5.41, 5.74) is 0.833. The first-order valence-electron chi connectivity index (χ1n) is 17.0. The molecular weight excluding hydrogens is 901 g/mol. The number of urea groups is 1. The van der Waals surface area contributed by atoms with E-state index < -0.39 is 100 Å². The second kappa shape index (κ2) is 16.0. The average Bonchev–Trinajstić information content (AvgIpc) is 3.14. The summed E-state index contributed by atoms with van der Waals surface area (Å²) in [5.74, 6) is -3.67. The highest BCUT2D eigenvalue weighted by molar-refractivity contribution is 7.87. The second-order valence-electron chi connectivity index (χ2n) is 13.4. The third kappa shape index (κ3) is 9.28. The van der Waals surface area contributed by atoms with Crippen LogP contribution in [0.5, 0.6) is 11.5 Å². The fourth-order valence-corrected chi connectivity index (χ4v) is 8.66. The number of nitrogens with one attached hydrogen (secondary N) is 4. The number of aryl methyl sites for hydroxylation is 2. The third-order valence-electron chi connectivity index (χ3n) is 9.20. The average molecular weight is 931 g/mol. The van der Waals surface area contributed by atoms with Gasteiger partial charge in [0.2, 0.25) is 0 Å². The van der Waals surface area contributed by atoms with Gasteiger partial charge in [0.05, 0.1) is 21.2 Å². The van der Waals surface area contributed by atoms with Gasteiger partial charge >= 0.3 is 6.03 Å². The number of phenolic OH excluding ortho intramolecular Hbond substituents is 2. The molecule has 6 rings (SSSR count). The summed E-state index contributed by atoms with van der Waals surface area (Å²) >= 11 is 0. The van der Waals surface area contributed by atoms with Crippen LogP contribution in [0.25, 0.3) is 21.5 Å². The molecule has 0 radical (unpaired) electrons. The number of aromatic hydroxyl groups is 2. The van der Waals surface area contributed by atoms with Gasteiger partial charge in [-0.05, 0) is 85.6 Å². The van der Waals surface area contributed by atoms with E-state index in [1.54, 1.807) is 13.8 Å². The largest absolute Gasteiger partial charge is 0.507 e. The Labute approximate surface area is 351 Å². The van der Waals surface area contributed by atoms with Crippen LogP contribution in [0.1, 0.15) is 31.8 Å². The topological polar surface area (TPSA) is 357 Å². The molecule has 0 atom stereocenters. The van der Waals surface area contributed by atoms with E-state index in [-0.39, 0.29) is 44.6 Å². The van der Waals surface area contributed by atoms with Gasteiger partial charge < -0.3 is 20.8 Å². The molecule has 6 aromatic carbocycles. The van der Waals surface area contributed by atoms with Crippen molar-refractivity contribution < 1.29 is 76.5 Å². The summed E-state index contributed by atoms with van der Waals surface area (Å²) in [4.78, 5) is 35.9. The Morgan fingerprint density at radius 2 is 0.806 bits per heavy atom. The van der Waals surface area contributed by atoms with Gasteiger partial charge in [-0.3, -0.25) is 38.4 Å². The molecule has 21 nitrogen and oxygen atoms in total. The quantitative estimate of drug-likeness (QED) is 0.0826. The van der Waals surface area contributed by atoms with Crippen molar-refractivity contribution in [1.82, 2.24) is 10.6 Å². The summed E-state index contributed by atoms with van der Waals surface area (Å²) in [7, 11) is -19.9. The fraction of sp³-hybridized carbons (Fsp3) is 0.0541. The number of carbonyl (C=O) groups is 3. The summed E-state index contributed by atoms with van der Waals surface area (Å²) < 4.78 is 134. The molecule has 6 aromatic rings. The number of fused-ring (bicyclic) bond motifs is 2. The van der Waals surface area contributed by atoms with Gasteiger partial charge in [-0.1, -0.05) is 12.1 Å². The third-order valence-corrected chi connectivity index (χ3v) is 12.7. The van der Waals surface area contributed by atoms with Crippen molar-refractivity contribution in [2.75, 3.05) is 10.6 Å². The Balaban J connectivity index is 1.23. The van der Waals surface area contributed by atoms with E-state index in [2.05, 4.69) is 10.6 Å². The van der Waals surface area contributed by atoms with Crippen molar-refractivity contribution in [1.29, 1.82) is 0 Å². The molecule has 0 heterocycles. The van der Waals surface area contributed by atoms with Gasteiger partial charge in [-0.15, -0.1) is 0 Å². The van der Waals surface area contributed by atoms with Gasteiger partial charge in [0.1, 0.15) is 21.3 Å². The monoisotopic (exact) mass is 930 g/mol. The molecule has 25 heteroatoms. The number of anilines is 4. The zero-order chi connectivity index (χ0) is 45.9. The van der Waals surface area contributed by atoms with Gasteiger partial charge in [-0.2, -0.15) is 33.7 Å².